The lowest BCUT2D eigenvalue weighted by atomic mass is 10.2. The maximum absolute atomic E-state index is 12.6. The van der Waals surface area contributed by atoms with Gasteiger partial charge in [0.05, 0.1) is 10.6 Å². The molecule has 0 aromatic carbocycles. The first kappa shape index (κ1) is 18.2. The lowest BCUT2D eigenvalue weighted by Crippen LogP contribution is -2.50. The van der Waals surface area contributed by atoms with E-state index in [1.807, 2.05) is 0 Å². The fraction of sp³-hybridized carbons (Fsp3) is 0.250. The Labute approximate surface area is 164 Å². The molecular formula is C16H15ClN4O4S2. The SMILES string of the molecule is O=C(c1cc(-c2ccco2)[nH]n1)N1CCN(S(=O)(=O)c2ccc(Cl)s2)CC1. The molecule has 0 saturated carbocycles. The van der Waals surface area contributed by atoms with E-state index in [1.54, 1.807) is 29.2 Å². The summed E-state index contributed by atoms with van der Waals surface area (Å²) in [5, 5.41) is 6.82. The van der Waals surface area contributed by atoms with E-state index in [0.717, 1.165) is 11.3 Å². The number of nitrogens with one attached hydrogen (secondary N) is 1. The van der Waals surface area contributed by atoms with Gasteiger partial charge in [-0.2, -0.15) is 9.40 Å². The molecule has 1 fully saturated rings. The van der Waals surface area contributed by atoms with Crippen molar-refractivity contribution in [2.24, 2.45) is 0 Å². The first-order valence-electron chi connectivity index (χ1n) is 8.09. The Morgan fingerprint density at radius 2 is 2.00 bits per heavy atom. The van der Waals surface area contributed by atoms with Crippen molar-refractivity contribution < 1.29 is 17.6 Å². The number of amides is 1. The van der Waals surface area contributed by atoms with E-state index >= 15 is 0 Å². The number of carbonyl (C=O) groups is 1. The van der Waals surface area contributed by atoms with E-state index in [2.05, 4.69) is 10.2 Å². The van der Waals surface area contributed by atoms with Crippen LogP contribution in [0, 0.1) is 0 Å². The standard InChI is InChI=1S/C16H15ClN4O4S2/c17-14-3-4-15(26-14)27(23,24)21-7-5-20(6-8-21)16(22)12-10-11(18-19-12)13-2-1-9-25-13/h1-4,9-10H,5-8H2,(H,18,19). The maximum atomic E-state index is 12.6. The molecule has 0 bridgehead atoms. The normalized spacial score (nSPS) is 16.0. The van der Waals surface area contributed by atoms with Gasteiger partial charge in [-0.05, 0) is 24.3 Å². The zero-order valence-electron chi connectivity index (χ0n) is 14.0. The maximum Gasteiger partial charge on any atom is 0.274 e. The monoisotopic (exact) mass is 426 g/mol. The molecule has 0 aliphatic carbocycles. The van der Waals surface area contributed by atoms with Crippen LogP contribution in [0.15, 0.2) is 45.2 Å². The first-order chi connectivity index (χ1) is 12.9. The van der Waals surface area contributed by atoms with Gasteiger partial charge in [0.15, 0.2) is 11.5 Å². The second-order valence-electron chi connectivity index (χ2n) is 5.90. The highest BCUT2D eigenvalue weighted by Gasteiger charge is 2.32. The number of piperazine rings is 1. The lowest BCUT2D eigenvalue weighted by Gasteiger charge is -2.33. The van der Waals surface area contributed by atoms with Gasteiger partial charge in [-0.3, -0.25) is 9.89 Å². The molecule has 8 nitrogen and oxygen atoms in total. The number of thiophene rings is 1. The molecule has 1 saturated heterocycles. The van der Waals surface area contributed by atoms with Crippen molar-refractivity contribution in [1.82, 2.24) is 19.4 Å². The second kappa shape index (κ2) is 7.12. The van der Waals surface area contributed by atoms with Crippen molar-refractivity contribution in [3.05, 3.63) is 46.6 Å². The third-order valence-corrected chi connectivity index (χ3v) is 7.85. The molecule has 4 heterocycles. The Hall–Kier alpha value is -2.14. The fourth-order valence-electron chi connectivity index (χ4n) is 2.85. The average molecular weight is 427 g/mol. The highest BCUT2D eigenvalue weighted by molar-refractivity contribution is 7.91. The quantitative estimate of drug-likeness (QED) is 0.691. The third kappa shape index (κ3) is 3.53. The van der Waals surface area contributed by atoms with Gasteiger partial charge in [-0.1, -0.05) is 11.6 Å². The van der Waals surface area contributed by atoms with Gasteiger partial charge >= 0.3 is 0 Å². The van der Waals surface area contributed by atoms with Crippen molar-refractivity contribution in [2.45, 2.75) is 4.21 Å². The minimum Gasteiger partial charge on any atom is -0.463 e. The second-order valence-corrected chi connectivity index (χ2v) is 9.78. The van der Waals surface area contributed by atoms with Crippen LogP contribution >= 0.6 is 22.9 Å². The number of hydrogen-bond donors (Lipinski definition) is 1. The van der Waals surface area contributed by atoms with E-state index in [1.165, 1.54) is 16.6 Å². The Balaban J connectivity index is 1.42. The Morgan fingerprint density at radius 3 is 2.63 bits per heavy atom. The van der Waals surface area contributed by atoms with Gasteiger partial charge in [-0.25, -0.2) is 8.42 Å². The first-order valence-corrected chi connectivity index (χ1v) is 10.7. The summed E-state index contributed by atoms with van der Waals surface area (Å²) in [6.07, 6.45) is 1.54. The Morgan fingerprint density at radius 1 is 1.22 bits per heavy atom. The molecule has 1 aliphatic rings. The minimum absolute atomic E-state index is 0.211. The topological polar surface area (TPSA) is 99.5 Å². The van der Waals surface area contributed by atoms with Gasteiger partial charge in [-0.15, -0.1) is 11.3 Å². The summed E-state index contributed by atoms with van der Waals surface area (Å²) in [5.74, 6) is 0.340. The van der Waals surface area contributed by atoms with Gasteiger partial charge in [0.25, 0.3) is 15.9 Å². The van der Waals surface area contributed by atoms with E-state index in [-0.39, 0.29) is 28.9 Å². The number of aromatic nitrogens is 2. The van der Waals surface area contributed by atoms with E-state index in [0.29, 0.717) is 28.9 Å². The van der Waals surface area contributed by atoms with E-state index < -0.39 is 10.0 Å². The summed E-state index contributed by atoms with van der Waals surface area (Å²) < 4.78 is 32.5. The van der Waals surface area contributed by atoms with Gasteiger partial charge in [0.2, 0.25) is 0 Å². The van der Waals surface area contributed by atoms with Crippen LogP contribution in [0.5, 0.6) is 0 Å². The summed E-state index contributed by atoms with van der Waals surface area (Å²) in [6.45, 7) is 1.03. The van der Waals surface area contributed by atoms with Crippen molar-refractivity contribution in [2.75, 3.05) is 26.2 Å². The molecule has 4 rings (SSSR count). The predicted octanol–water partition coefficient (Wildman–Crippen LogP) is 2.53. The number of hydrogen-bond acceptors (Lipinski definition) is 6. The molecule has 3 aromatic rings. The molecule has 0 unspecified atom stereocenters. The molecular weight excluding hydrogens is 412 g/mol. The van der Waals surface area contributed by atoms with Crippen LogP contribution in [0.1, 0.15) is 10.5 Å². The molecule has 1 N–H and O–H groups in total. The van der Waals surface area contributed by atoms with E-state index in [9.17, 15) is 13.2 Å². The Bertz CT molecular complexity index is 1050. The number of H-pyrrole nitrogens is 1. The van der Waals surface area contributed by atoms with Crippen molar-refractivity contribution >= 4 is 38.9 Å². The summed E-state index contributed by atoms with van der Waals surface area (Å²) in [5.41, 5.74) is 0.877. The largest absolute Gasteiger partial charge is 0.463 e. The van der Waals surface area contributed by atoms with Crippen LogP contribution in [0.3, 0.4) is 0 Å². The van der Waals surface area contributed by atoms with Crippen LogP contribution in [0.25, 0.3) is 11.5 Å². The summed E-state index contributed by atoms with van der Waals surface area (Å²) >= 11 is 6.87. The molecule has 27 heavy (non-hydrogen) atoms. The highest BCUT2D eigenvalue weighted by Crippen LogP contribution is 2.28. The summed E-state index contributed by atoms with van der Waals surface area (Å²) in [7, 11) is -3.59. The van der Waals surface area contributed by atoms with Crippen LogP contribution in [0.4, 0.5) is 0 Å². The number of furan rings is 1. The molecule has 11 heteroatoms. The van der Waals surface area contributed by atoms with Crippen molar-refractivity contribution in [1.29, 1.82) is 0 Å². The van der Waals surface area contributed by atoms with E-state index in [4.69, 9.17) is 16.0 Å². The molecule has 3 aromatic heterocycles. The molecule has 0 atom stereocenters. The smallest absolute Gasteiger partial charge is 0.274 e. The summed E-state index contributed by atoms with van der Waals surface area (Å²) in [4.78, 5) is 14.2. The molecule has 0 radical (unpaired) electrons. The number of sulfonamides is 1. The van der Waals surface area contributed by atoms with Gasteiger partial charge in [0, 0.05) is 32.2 Å². The number of rotatable bonds is 4. The van der Waals surface area contributed by atoms with Crippen molar-refractivity contribution in [3.63, 3.8) is 0 Å². The lowest BCUT2D eigenvalue weighted by molar-refractivity contribution is 0.0692. The third-order valence-electron chi connectivity index (χ3n) is 4.25. The zero-order valence-corrected chi connectivity index (χ0v) is 16.4. The van der Waals surface area contributed by atoms with Crippen LogP contribution in [0.2, 0.25) is 4.34 Å². The molecule has 1 aliphatic heterocycles. The molecule has 0 spiro atoms. The van der Waals surface area contributed by atoms with Crippen molar-refractivity contribution in [3.8, 4) is 11.5 Å². The predicted molar refractivity (Wildman–Crippen MR) is 100 cm³/mol. The molecule has 1 amide bonds. The fourth-order valence-corrected chi connectivity index (χ4v) is 5.91. The average Bonchev–Trinajstić information content (AvgIpc) is 3.41. The van der Waals surface area contributed by atoms with Crippen LogP contribution in [-0.4, -0.2) is 59.9 Å². The molecule has 142 valence electrons. The number of carbonyl (C=O) groups excluding carboxylic acids is 1. The summed E-state index contributed by atoms with van der Waals surface area (Å²) in [6, 6.07) is 8.20. The van der Waals surface area contributed by atoms with Gasteiger partial charge < -0.3 is 9.32 Å². The van der Waals surface area contributed by atoms with Crippen LogP contribution in [-0.2, 0) is 10.0 Å². The van der Waals surface area contributed by atoms with Gasteiger partial charge in [0.1, 0.15) is 9.90 Å². The number of nitrogens with zero attached hydrogens (tertiary/aromatic N) is 3. The van der Waals surface area contributed by atoms with Crippen LogP contribution < -0.4 is 0 Å². The number of halogens is 1. The Kier molecular flexibility index (Phi) is 4.81. The zero-order chi connectivity index (χ0) is 19.0. The minimum atomic E-state index is -3.59. The highest BCUT2D eigenvalue weighted by atomic mass is 35.5. The number of aromatic amines is 1.